The Morgan fingerprint density at radius 1 is 1.03 bits per heavy atom. The molecule has 0 radical (unpaired) electrons. The minimum atomic E-state index is -4.67. The number of aromatic amines is 1. The van der Waals surface area contributed by atoms with Crippen molar-refractivity contribution in [3.63, 3.8) is 0 Å². The summed E-state index contributed by atoms with van der Waals surface area (Å²) in [5, 5.41) is 0.374. The summed E-state index contributed by atoms with van der Waals surface area (Å²) in [7, 11) is -4.67. The maximum Gasteiger partial charge on any atom is 0.262 e. The zero-order valence-electron chi connectivity index (χ0n) is 15.6. The first kappa shape index (κ1) is 21.8. The Labute approximate surface area is 182 Å². The zero-order valence-corrected chi connectivity index (χ0v) is 17.2. The molecular formula is C20H10ClF4N3O3S. The number of carbonyl (C=O) groups is 1. The fourth-order valence-corrected chi connectivity index (χ4v) is 4.29. The Balaban J connectivity index is 1.77. The van der Waals surface area contributed by atoms with E-state index in [0.29, 0.717) is 24.3 Å². The van der Waals surface area contributed by atoms with E-state index in [1.165, 1.54) is 18.5 Å². The molecule has 2 aromatic heterocycles. The summed E-state index contributed by atoms with van der Waals surface area (Å²) < 4.78 is 83.0. The molecule has 2 N–H and O–H groups in total. The van der Waals surface area contributed by atoms with E-state index >= 15 is 4.39 Å². The number of pyridine rings is 1. The van der Waals surface area contributed by atoms with Crippen molar-refractivity contribution >= 4 is 44.1 Å². The van der Waals surface area contributed by atoms with Crippen molar-refractivity contribution in [2.24, 2.45) is 0 Å². The van der Waals surface area contributed by atoms with E-state index in [-0.39, 0.29) is 21.6 Å². The molecule has 0 aliphatic carbocycles. The molecule has 12 heteroatoms. The summed E-state index contributed by atoms with van der Waals surface area (Å²) in [6.07, 6.45) is 2.49. The molecule has 0 saturated carbocycles. The van der Waals surface area contributed by atoms with Gasteiger partial charge in [0.25, 0.3) is 10.0 Å². The van der Waals surface area contributed by atoms with Crippen LogP contribution < -0.4 is 4.72 Å². The summed E-state index contributed by atoms with van der Waals surface area (Å²) >= 11 is 5.87. The van der Waals surface area contributed by atoms with Gasteiger partial charge in [-0.3, -0.25) is 9.52 Å². The molecular weight excluding hydrogens is 474 g/mol. The van der Waals surface area contributed by atoms with Crippen LogP contribution in [0.2, 0.25) is 5.02 Å². The summed E-state index contributed by atoms with van der Waals surface area (Å²) in [4.78, 5) is 18.7. The maximum absolute atomic E-state index is 15.1. The van der Waals surface area contributed by atoms with Crippen molar-refractivity contribution in [2.45, 2.75) is 4.90 Å². The van der Waals surface area contributed by atoms with Crippen molar-refractivity contribution in [3.05, 3.63) is 88.2 Å². The molecule has 0 aliphatic rings. The minimum Gasteiger partial charge on any atom is -0.345 e. The standard InChI is InChI=1S/C20H10ClF4N3O3S/c21-9-3-13-14(8-27-20(13)26-7-9)19(29)17-15(24)1-2-16(18(17)25)28-32(30,31)12-5-10(22)4-11(23)6-12/h1-8,28H,(H,26,27). The number of hydrogen-bond donors (Lipinski definition) is 2. The van der Waals surface area contributed by atoms with Crippen LogP contribution in [0.25, 0.3) is 11.0 Å². The second kappa shape index (κ2) is 7.92. The van der Waals surface area contributed by atoms with Gasteiger partial charge in [-0.2, -0.15) is 0 Å². The van der Waals surface area contributed by atoms with Crippen LogP contribution in [-0.2, 0) is 10.0 Å². The monoisotopic (exact) mass is 483 g/mol. The Morgan fingerprint density at radius 2 is 1.72 bits per heavy atom. The normalized spacial score (nSPS) is 11.7. The van der Waals surface area contributed by atoms with E-state index in [2.05, 4.69) is 9.97 Å². The molecule has 4 aromatic rings. The number of benzene rings is 2. The Hall–Kier alpha value is -3.44. The summed E-state index contributed by atoms with van der Waals surface area (Å²) in [6.45, 7) is 0. The molecule has 0 aliphatic heterocycles. The largest absolute Gasteiger partial charge is 0.345 e. The van der Waals surface area contributed by atoms with Crippen LogP contribution in [0.5, 0.6) is 0 Å². The van der Waals surface area contributed by atoms with Crippen molar-refractivity contribution in [1.82, 2.24) is 9.97 Å². The lowest BCUT2D eigenvalue weighted by Crippen LogP contribution is -2.17. The molecule has 0 bridgehead atoms. The number of halogens is 5. The number of ketones is 1. The predicted octanol–water partition coefficient (Wildman–Crippen LogP) is 4.80. The number of H-pyrrole nitrogens is 1. The minimum absolute atomic E-state index is 0.153. The molecule has 4 rings (SSSR count). The second-order valence-electron chi connectivity index (χ2n) is 6.58. The topological polar surface area (TPSA) is 91.9 Å². The average Bonchev–Trinajstić information content (AvgIpc) is 3.12. The molecule has 0 atom stereocenters. The van der Waals surface area contributed by atoms with Gasteiger partial charge in [-0.05, 0) is 30.3 Å². The number of nitrogens with one attached hydrogen (secondary N) is 2. The molecule has 32 heavy (non-hydrogen) atoms. The van der Waals surface area contributed by atoms with Gasteiger partial charge < -0.3 is 4.98 Å². The number of fused-ring (bicyclic) bond motifs is 1. The summed E-state index contributed by atoms with van der Waals surface area (Å²) in [6, 6.07) is 4.27. The lowest BCUT2D eigenvalue weighted by atomic mass is 10.0. The van der Waals surface area contributed by atoms with Gasteiger partial charge in [0, 0.05) is 29.4 Å². The molecule has 0 saturated heterocycles. The van der Waals surface area contributed by atoms with E-state index in [1.807, 2.05) is 0 Å². The van der Waals surface area contributed by atoms with Crippen molar-refractivity contribution in [2.75, 3.05) is 4.72 Å². The Bertz CT molecular complexity index is 1490. The lowest BCUT2D eigenvalue weighted by Gasteiger charge is -2.12. The SMILES string of the molecule is O=C(c1c(F)ccc(NS(=O)(=O)c2cc(F)cc(F)c2)c1F)c1c[nH]c2ncc(Cl)cc12. The molecule has 2 aromatic carbocycles. The van der Waals surface area contributed by atoms with Gasteiger partial charge in [0.15, 0.2) is 5.82 Å². The third kappa shape index (κ3) is 3.92. The Kier molecular flexibility index (Phi) is 5.39. The fraction of sp³-hybridized carbons (Fsp3) is 0. The van der Waals surface area contributed by atoms with E-state index in [0.717, 1.165) is 6.07 Å². The van der Waals surface area contributed by atoms with E-state index < -0.39 is 55.2 Å². The highest BCUT2D eigenvalue weighted by Gasteiger charge is 2.26. The maximum atomic E-state index is 15.1. The molecule has 6 nitrogen and oxygen atoms in total. The number of sulfonamides is 1. The molecule has 0 fully saturated rings. The van der Waals surface area contributed by atoms with Gasteiger partial charge in [-0.25, -0.2) is 31.0 Å². The van der Waals surface area contributed by atoms with Crippen LogP contribution in [0.3, 0.4) is 0 Å². The molecule has 0 spiro atoms. The number of carbonyl (C=O) groups excluding carboxylic acids is 1. The van der Waals surface area contributed by atoms with Gasteiger partial charge in [0.2, 0.25) is 5.78 Å². The third-order valence-corrected chi connectivity index (χ3v) is 6.00. The highest BCUT2D eigenvalue weighted by molar-refractivity contribution is 7.92. The smallest absolute Gasteiger partial charge is 0.262 e. The molecule has 0 amide bonds. The predicted molar refractivity (Wildman–Crippen MR) is 108 cm³/mol. The van der Waals surface area contributed by atoms with Crippen molar-refractivity contribution < 1.29 is 30.8 Å². The summed E-state index contributed by atoms with van der Waals surface area (Å²) in [5.74, 6) is -6.22. The number of anilines is 1. The first-order chi connectivity index (χ1) is 15.1. The fourth-order valence-electron chi connectivity index (χ4n) is 3.03. The van der Waals surface area contributed by atoms with Crippen LogP contribution >= 0.6 is 11.6 Å². The zero-order chi connectivity index (χ0) is 23.2. The number of hydrogen-bond acceptors (Lipinski definition) is 4. The first-order valence-corrected chi connectivity index (χ1v) is 10.6. The van der Waals surface area contributed by atoms with Gasteiger partial charge in [-0.15, -0.1) is 0 Å². The number of rotatable bonds is 5. The van der Waals surface area contributed by atoms with E-state index in [4.69, 9.17) is 11.6 Å². The van der Waals surface area contributed by atoms with E-state index in [1.54, 1.807) is 4.72 Å². The molecule has 0 unspecified atom stereocenters. The van der Waals surface area contributed by atoms with Crippen LogP contribution in [0, 0.1) is 23.3 Å². The highest BCUT2D eigenvalue weighted by Crippen LogP contribution is 2.29. The lowest BCUT2D eigenvalue weighted by molar-refractivity contribution is 0.103. The van der Waals surface area contributed by atoms with Crippen LogP contribution in [-0.4, -0.2) is 24.2 Å². The molecule has 2 heterocycles. The van der Waals surface area contributed by atoms with Crippen LogP contribution in [0.15, 0.2) is 53.7 Å². The summed E-state index contributed by atoms with van der Waals surface area (Å²) in [5.41, 5.74) is -1.75. The van der Waals surface area contributed by atoms with Crippen molar-refractivity contribution in [3.8, 4) is 0 Å². The molecule has 164 valence electrons. The number of aromatic nitrogens is 2. The Morgan fingerprint density at radius 3 is 2.41 bits per heavy atom. The highest BCUT2D eigenvalue weighted by atomic mass is 35.5. The van der Waals surface area contributed by atoms with Gasteiger partial charge >= 0.3 is 0 Å². The van der Waals surface area contributed by atoms with Crippen molar-refractivity contribution in [1.29, 1.82) is 0 Å². The number of nitrogens with zero attached hydrogens (tertiary/aromatic N) is 1. The van der Waals surface area contributed by atoms with Gasteiger partial charge in [0.1, 0.15) is 23.1 Å². The first-order valence-electron chi connectivity index (χ1n) is 8.71. The van der Waals surface area contributed by atoms with Gasteiger partial charge in [0.05, 0.1) is 21.2 Å². The average molecular weight is 484 g/mol. The third-order valence-electron chi connectivity index (χ3n) is 4.45. The van der Waals surface area contributed by atoms with Crippen LogP contribution in [0.4, 0.5) is 23.2 Å². The van der Waals surface area contributed by atoms with Gasteiger partial charge in [-0.1, -0.05) is 11.6 Å². The van der Waals surface area contributed by atoms with Crippen LogP contribution in [0.1, 0.15) is 15.9 Å². The van der Waals surface area contributed by atoms with E-state index in [9.17, 15) is 26.4 Å². The second-order valence-corrected chi connectivity index (χ2v) is 8.69. The quantitative estimate of drug-likeness (QED) is 0.315.